The van der Waals surface area contributed by atoms with E-state index in [9.17, 15) is 0 Å². The molecule has 0 bridgehead atoms. The van der Waals surface area contributed by atoms with E-state index in [1.165, 1.54) is 76.6 Å². The highest BCUT2D eigenvalue weighted by atomic mass is 16.3. The van der Waals surface area contributed by atoms with Crippen LogP contribution in [-0.4, -0.2) is 9.13 Å². The van der Waals surface area contributed by atoms with E-state index in [2.05, 4.69) is 455 Å². The summed E-state index contributed by atoms with van der Waals surface area (Å²) in [5, 5.41) is 14.2. The van der Waals surface area contributed by atoms with E-state index in [4.69, 9.17) is 8.83 Å². The summed E-state index contributed by atoms with van der Waals surface area (Å²) in [4.78, 5) is 7.05. The number of para-hydroxylation sites is 6. The van der Waals surface area contributed by atoms with Crippen molar-refractivity contribution >= 4 is 160 Å². The molecule has 0 saturated carbocycles. The smallest absolute Gasteiger partial charge is 0.137 e. The average molecular weight is 1500 g/mol. The molecule has 4 heterocycles. The first-order valence-electron chi connectivity index (χ1n) is 39.8. The van der Waals surface area contributed by atoms with E-state index in [0.29, 0.717) is 0 Å². The standard InChI is InChI=1S/C58H39N3O.C52H34N2O/c1-4-18-44(19-5-1)59(45-20-6-2-7-21-45)48-37-49(60(46-22-8-3-9-23-46)47-34-32-41(33-35-47)43-31-30-40-16-10-11-17-42(40)36-43)39-50(38-48)61-53-26-14-25-52-51-24-12-13-28-55(51)62-56-29-15-27-54(61)58(56)57(52)53;1-2-12-41(13-3-1)53(43-30-26-38(27-31-43)40-21-20-35-10-4-5-11-39(35)34-40)42-28-22-36(23-29-42)37-24-32-44(33-25-37)54-47-16-8-15-46-45-14-6-7-18-49(45)55-50-19-9-17-48(54)52(50)51(46)47/h1-39H;1-34H. The maximum absolute atomic E-state index is 6.76. The Morgan fingerprint density at radius 2 is 0.444 bits per heavy atom. The van der Waals surface area contributed by atoms with Crippen molar-refractivity contribution in [3.63, 3.8) is 0 Å². The number of hydrogen-bond acceptors (Lipinski definition) is 5. The number of anilines is 9. The Balaban J connectivity index is 0.000000143. The van der Waals surface area contributed by atoms with Crippen LogP contribution in [0.2, 0.25) is 0 Å². The first-order valence-corrected chi connectivity index (χ1v) is 39.8. The number of benzene rings is 19. The number of nitrogens with zero attached hydrogens (tertiary/aromatic N) is 5. The number of hydrogen-bond donors (Lipinski definition) is 0. The molecule has 0 aliphatic carbocycles. The molecule has 0 N–H and O–H groups in total. The Labute approximate surface area is 676 Å². The molecule has 0 saturated heterocycles. The Hall–Kier alpha value is -15.7. The van der Waals surface area contributed by atoms with Crippen molar-refractivity contribution in [1.82, 2.24) is 9.13 Å². The van der Waals surface area contributed by atoms with Crippen LogP contribution in [0.1, 0.15) is 0 Å². The molecule has 0 atom stereocenters. The molecule has 23 aromatic rings. The Kier molecular flexibility index (Phi) is 16.8. The molecule has 7 nitrogen and oxygen atoms in total. The third-order valence-corrected chi connectivity index (χ3v) is 23.1. The normalized spacial score (nSPS) is 11.6. The summed E-state index contributed by atoms with van der Waals surface area (Å²) in [5.41, 5.74) is 26.9. The molecule has 0 spiro atoms. The number of aromatic nitrogens is 2. The van der Waals surface area contributed by atoms with Crippen LogP contribution < -0.4 is 14.7 Å². The lowest BCUT2D eigenvalue weighted by Crippen LogP contribution is -2.14. The molecule has 0 radical (unpaired) electrons. The molecular weight excluding hydrogens is 1420 g/mol. The van der Waals surface area contributed by atoms with Crippen LogP contribution in [-0.2, 0) is 0 Å². The maximum atomic E-state index is 6.76. The van der Waals surface area contributed by atoms with Gasteiger partial charge in [0.05, 0.1) is 49.9 Å². The highest BCUT2D eigenvalue weighted by Crippen LogP contribution is 2.48. The van der Waals surface area contributed by atoms with Crippen LogP contribution in [0.4, 0.5) is 51.2 Å². The van der Waals surface area contributed by atoms with Gasteiger partial charge in [0.1, 0.15) is 22.3 Å². The SMILES string of the molecule is c1ccc(N(c2ccc(-c3ccc(-n4c5cccc6oc7ccccc7c7cccc4c7c65)cc3)cc2)c2ccc(-c3ccc4ccccc4c3)cc2)cc1.c1ccc(N(c2ccccc2)c2cc(N(c3ccccc3)c3ccc(-c4ccc5ccccc5c4)cc3)cc(-n3c4cccc5oc6ccccc6c6cccc3c6c54)c2)cc1. The van der Waals surface area contributed by atoms with Gasteiger partial charge in [0.2, 0.25) is 0 Å². The van der Waals surface area contributed by atoms with Crippen LogP contribution in [0.15, 0.2) is 452 Å². The van der Waals surface area contributed by atoms with Crippen molar-refractivity contribution < 1.29 is 8.83 Å². The molecule has 23 rings (SSSR count). The predicted octanol–water partition coefficient (Wildman–Crippen LogP) is 31.1. The van der Waals surface area contributed by atoms with Gasteiger partial charge < -0.3 is 32.7 Å². The van der Waals surface area contributed by atoms with Gasteiger partial charge in [-0.15, -0.1) is 0 Å². The zero-order chi connectivity index (χ0) is 77.3. The van der Waals surface area contributed by atoms with Crippen molar-refractivity contribution in [1.29, 1.82) is 0 Å². The van der Waals surface area contributed by atoms with Gasteiger partial charge in [-0.2, -0.15) is 0 Å². The molecule has 0 fully saturated rings. The number of rotatable bonds is 14. The zero-order valence-electron chi connectivity index (χ0n) is 63.7. The highest BCUT2D eigenvalue weighted by molar-refractivity contribution is 6.28. The molecule has 4 aromatic heterocycles. The monoisotopic (exact) mass is 1500 g/mol. The number of fused-ring (bicyclic) bond motifs is 6. The maximum Gasteiger partial charge on any atom is 0.137 e. The van der Waals surface area contributed by atoms with Gasteiger partial charge in [-0.1, -0.05) is 267 Å². The van der Waals surface area contributed by atoms with Crippen molar-refractivity contribution in [2.24, 2.45) is 0 Å². The molecular formula is C110H73N5O2. The van der Waals surface area contributed by atoms with Crippen molar-refractivity contribution in [3.8, 4) is 44.8 Å². The van der Waals surface area contributed by atoms with Gasteiger partial charge in [0.15, 0.2) is 0 Å². The minimum atomic E-state index is 0.854. The fourth-order valence-electron chi connectivity index (χ4n) is 17.7. The lowest BCUT2D eigenvalue weighted by molar-refractivity contribution is 0.663. The first kappa shape index (κ1) is 68.1. The predicted molar refractivity (Wildman–Crippen MR) is 491 cm³/mol. The zero-order valence-corrected chi connectivity index (χ0v) is 63.7. The molecule has 117 heavy (non-hydrogen) atoms. The minimum Gasteiger partial charge on any atom is -0.456 e. The van der Waals surface area contributed by atoms with Gasteiger partial charge in [0.25, 0.3) is 0 Å². The van der Waals surface area contributed by atoms with Gasteiger partial charge in [-0.05, 0) is 242 Å². The van der Waals surface area contributed by atoms with E-state index in [0.717, 1.165) is 128 Å². The van der Waals surface area contributed by atoms with Gasteiger partial charge in [0, 0.05) is 67.0 Å². The molecule has 7 heteroatoms. The fourth-order valence-corrected chi connectivity index (χ4v) is 17.7. The van der Waals surface area contributed by atoms with E-state index in [1.807, 2.05) is 12.1 Å². The Morgan fingerprint density at radius 3 is 0.846 bits per heavy atom. The largest absolute Gasteiger partial charge is 0.456 e. The summed E-state index contributed by atoms with van der Waals surface area (Å²) in [6, 6.07) is 158. The molecule has 0 aliphatic rings. The third-order valence-electron chi connectivity index (χ3n) is 23.1. The summed E-state index contributed by atoms with van der Waals surface area (Å²) >= 11 is 0. The highest BCUT2D eigenvalue weighted by Gasteiger charge is 2.26. The Morgan fingerprint density at radius 1 is 0.162 bits per heavy atom. The minimum absolute atomic E-state index is 0.854. The van der Waals surface area contributed by atoms with E-state index in [-0.39, 0.29) is 0 Å². The van der Waals surface area contributed by atoms with Crippen molar-refractivity contribution in [3.05, 3.63) is 443 Å². The first-order chi connectivity index (χ1) is 58.0. The third kappa shape index (κ3) is 12.2. The van der Waals surface area contributed by atoms with Gasteiger partial charge in [-0.25, -0.2) is 0 Å². The Bertz CT molecular complexity index is 7620. The summed E-state index contributed by atoms with van der Waals surface area (Å²) in [5.74, 6) is 0. The van der Waals surface area contributed by atoms with Crippen LogP contribution in [0, 0.1) is 0 Å². The topological polar surface area (TPSA) is 45.9 Å². The van der Waals surface area contributed by atoms with Gasteiger partial charge in [-0.3, -0.25) is 0 Å². The van der Waals surface area contributed by atoms with Crippen molar-refractivity contribution in [2.75, 3.05) is 14.7 Å². The second-order valence-electron chi connectivity index (χ2n) is 29.9. The fraction of sp³-hybridized carbons (Fsp3) is 0. The molecule has 0 unspecified atom stereocenters. The molecule has 19 aromatic carbocycles. The van der Waals surface area contributed by atoms with Crippen LogP contribution in [0.3, 0.4) is 0 Å². The van der Waals surface area contributed by atoms with Crippen LogP contribution >= 0.6 is 0 Å². The molecule has 550 valence electrons. The quantitative estimate of drug-likeness (QED) is 0.109. The summed E-state index contributed by atoms with van der Waals surface area (Å²) < 4.78 is 18.1. The van der Waals surface area contributed by atoms with E-state index >= 15 is 0 Å². The average Bonchev–Trinajstić information content (AvgIpc) is 1.56. The van der Waals surface area contributed by atoms with Gasteiger partial charge >= 0.3 is 0 Å². The second kappa shape index (κ2) is 28.8. The summed E-state index contributed by atoms with van der Waals surface area (Å²) in [6.45, 7) is 0. The lowest BCUT2D eigenvalue weighted by Gasteiger charge is -2.30. The van der Waals surface area contributed by atoms with E-state index < -0.39 is 0 Å². The second-order valence-corrected chi connectivity index (χ2v) is 29.9. The van der Waals surface area contributed by atoms with Crippen LogP contribution in [0.5, 0.6) is 0 Å². The summed E-state index contributed by atoms with van der Waals surface area (Å²) in [7, 11) is 0. The summed E-state index contributed by atoms with van der Waals surface area (Å²) in [6.07, 6.45) is 0. The van der Waals surface area contributed by atoms with Crippen molar-refractivity contribution in [2.45, 2.75) is 0 Å². The molecule has 0 aliphatic heterocycles. The lowest BCUT2D eigenvalue weighted by atomic mass is 10.0. The van der Waals surface area contributed by atoms with Crippen LogP contribution in [0.25, 0.3) is 154 Å². The van der Waals surface area contributed by atoms with E-state index in [1.54, 1.807) is 0 Å². The molecule has 0 amide bonds.